The van der Waals surface area contributed by atoms with E-state index in [-0.39, 0.29) is 5.57 Å². The summed E-state index contributed by atoms with van der Waals surface area (Å²) < 4.78 is 5.43. The van der Waals surface area contributed by atoms with Crippen molar-refractivity contribution in [3.8, 4) is 5.75 Å². The fraction of sp³-hybridized carbons (Fsp3) is 0.350. The van der Waals surface area contributed by atoms with Gasteiger partial charge in [0.2, 0.25) is 23.6 Å². The molecule has 2 bridgehead atoms. The number of carbonyl (C=O) groups is 5. The van der Waals surface area contributed by atoms with Crippen molar-refractivity contribution in [1.29, 1.82) is 0 Å². The number of para-hydroxylation sites is 1. The van der Waals surface area contributed by atoms with Gasteiger partial charge < -0.3 is 4.74 Å². The van der Waals surface area contributed by atoms with E-state index in [1.165, 1.54) is 0 Å². The fourth-order valence-electron chi connectivity index (χ4n) is 5.54. The summed E-state index contributed by atoms with van der Waals surface area (Å²) in [6.45, 7) is 1.66. The summed E-state index contributed by atoms with van der Waals surface area (Å²) in [5.74, 6) is -6.56. The second-order valence-corrected chi connectivity index (χ2v) is 7.91. The minimum Gasteiger partial charge on any atom is -0.423 e. The first-order chi connectivity index (χ1) is 13.3. The van der Waals surface area contributed by atoms with Gasteiger partial charge in [-0.05, 0) is 12.1 Å². The molecule has 0 spiro atoms. The lowest BCUT2D eigenvalue weighted by molar-refractivity contribution is -0.149. The van der Waals surface area contributed by atoms with Gasteiger partial charge >= 0.3 is 5.97 Å². The average Bonchev–Trinajstić information content (AvgIpc) is 3.13. The van der Waals surface area contributed by atoms with E-state index >= 15 is 0 Å². The lowest BCUT2D eigenvalue weighted by Gasteiger charge is -2.53. The van der Waals surface area contributed by atoms with Gasteiger partial charge in [0.05, 0.1) is 23.7 Å². The minimum absolute atomic E-state index is 0.170. The van der Waals surface area contributed by atoms with Crippen molar-refractivity contribution < 1.29 is 28.7 Å². The van der Waals surface area contributed by atoms with E-state index in [2.05, 4.69) is 10.6 Å². The van der Waals surface area contributed by atoms with Crippen LogP contribution in [-0.2, 0) is 24.0 Å². The third-order valence-corrected chi connectivity index (χ3v) is 6.51. The van der Waals surface area contributed by atoms with Crippen LogP contribution in [0.4, 0.5) is 0 Å². The highest BCUT2D eigenvalue weighted by Crippen LogP contribution is 2.63. The Labute approximate surface area is 159 Å². The standard InChI is InChI=1S/C20H16N2O6/c1-20-7-9(19(27)28-8-5-3-2-4-6-8)10(11-13(20)17(25)21-15(11)23)12-14(20)18(26)22-16(12)24/h2-7,10-14H,1H3,(H,21,23,25)(H,22,24,26)/t10?,11-,12-,13+,14+,20?/m0/s1. The Morgan fingerprint density at radius 2 is 1.39 bits per heavy atom. The van der Waals surface area contributed by atoms with E-state index in [9.17, 15) is 24.0 Å². The van der Waals surface area contributed by atoms with Gasteiger partial charge in [-0.25, -0.2) is 4.79 Å². The summed E-state index contributed by atoms with van der Waals surface area (Å²) in [6.07, 6.45) is 1.57. The van der Waals surface area contributed by atoms with Crippen LogP contribution in [0.3, 0.4) is 0 Å². The third-order valence-electron chi connectivity index (χ3n) is 6.51. The molecular weight excluding hydrogens is 364 g/mol. The highest BCUT2D eigenvalue weighted by molar-refractivity contribution is 6.13. The SMILES string of the molecule is CC12C=C(C(=O)Oc3ccccc3)C([C@@H]3C(=O)NC(=O)[C@@H]31)[C@@H]1C(=O)NC(=O)[C@@H]12. The van der Waals surface area contributed by atoms with Gasteiger partial charge in [0.15, 0.2) is 0 Å². The number of hydrogen-bond donors (Lipinski definition) is 2. The molecule has 2 saturated heterocycles. The zero-order chi connectivity index (χ0) is 19.8. The number of esters is 1. The van der Waals surface area contributed by atoms with Crippen LogP contribution in [0, 0.1) is 35.0 Å². The van der Waals surface area contributed by atoms with E-state index in [1.807, 2.05) is 0 Å². The van der Waals surface area contributed by atoms with E-state index in [0.717, 1.165) is 0 Å². The number of nitrogens with one attached hydrogen (secondary N) is 2. The molecule has 0 radical (unpaired) electrons. The highest BCUT2D eigenvalue weighted by Gasteiger charge is 2.72. The van der Waals surface area contributed by atoms with Crippen molar-refractivity contribution in [1.82, 2.24) is 10.6 Å². The van der Waals surface area contributed by atoms with Gasteiger partial charge in [-0.15, -0.1) is 0 Å². The number of benzene rings is 1. The molecule has 0 aromatic heterocycles. The second-order valence-electron chi connectivity index (χ2n) is 7.91. The number of ether oxygens (including phenoxy) is 1. The van der Waals surface area contributed by atoms with Crippen LogP contribution in [0.1, 0.15) is 6.92 Å². The summed E-state index contributed by atoms with van der Waals surface area (Å²) in [7, 11) is 0. The van der Waals surface area contributed by atoms with E-state index in [1.54, 1.807) is 43.3 Å². The molecule has 28 heavy (non-hydrogen) atoms. The quantitative estimate of drug-likeness (QED) is 0.422. The van der Waals surface area contributed by atoms with Crippen LogP contribution >= 0.6 is 0 Å². The first kappa shape index (κ1) is 16.9. The van der Waals surface area contributed by atoms with Crippen LogP contribution in [0.2, 0.25) is 0 Å². The van der Waals surface area contributed by atoms with Gasteiger partial charge in [-0.2, -0.15) is 0 Å². The first-order valence-electron chi connectivity index (χ1n) is 9.02. The topological polar surface area (TPSA) is 119 Å². The molecule has 3 aliphatic carbocycles. The summed E-state index contributed by atoms with van der Waals surface area (Å²) in [5, 5.41) is 4.61. The van der Waals surface area contributed by atoms with Crippen LogP contribution in [0.5, 0.6) is 5.75 Å². The Morgan fingerprint density at radius 3 is 1.93 bits per heavy atom. The number of imide groups is 2. The Morgan fingerprint density at radius 1 is 0.857 bits per heavy atom. The molecule has 8 nitrogen and oxygen atoms in total. The minimum atomic E-state index is -1.14. The summed E-state index contributed by atoms with van der Waals surface area (Å²) in [6, 6.07) is 8.43. The lowest BCUT2D eigenvalue weighted by Crippen LogP contribution is -2.59. The van der Waals surface area contributed by atoms with Gasteiger partial charge in [0.25, 0.3) is 0 Å². The molecule has 1 saturated carbocycles. The Hall–Kier alpha value is -3.29. The van der Waals surface area contributed by atoms with Crippen LogP contribution in [0.15, 0.2) is 42.0 Å². The molecule has 6 rings (SSSR count). The lowest BCUT2D eigenvalue weighted by atomic mass is 9.45. The van der Waals surface area contributed by atoms with Gasteiger partial charge in [-0.3, -0.25) is 29.8 Å². The van der Waals surface area contributed by atoms with E-state index in [0.29, 0.717) is 5.75 Å². The zero-order valence-corrected chi connectivity index (χ0v) is 14.8. The van der Waals surface area contributed by atoms with Crippen molar-refractivity contribution in [3.63, 3.8) is 0 Å². The highest BCUT2D eigenvalue weighted by atomic mass is 16.5. The molecule has 2 aliphatic heterocycles. The molecule has 5 aliphatic rings. The predicted molar refractivity (Wildman–Crippen MR) is 92.0 cm³/mol. The Bertz CT molecular complexity index is 955. The molecule has 2 heterocycles. The van der Waals surface area contributed by atoms with Gasteiger partial charge in [-0.1, -0.05) is 31.2 Å². The summed E-state index contributed by atoms with van der Waals surface area (Å²) in [5.41, 5.74) is -0.967. The first-order valence-corrected chi connectivity index (χ1v) is 9.02. The molecule has 1 aromatic carbocycles. The van der Waals surface area contributed by atoms with Crippen LogP contribution < -0.4 is 15.4 Å². The molecule has 4 amide bonds. The number of rotatable bonds is 2. The molecule has 8 heteroatoms. The van der Waals surface area contributed by atoms with Crippen molar-refractivity contribution >= 4 is 29.6 Å². The normalized spacial score (nSPS) is 37.8. The third kappa shape index (κ3) is 1.97. The largest absolute Gasteiger partial charge is 0.423 e. The summed E-state index contributed by atoms with van der Waals surface area (Å²) >= 11 is 0. The van der Waals surface area contributed by atoms with Crippen molar-refractivity contribution in [2.75, 3.05) is 0 Å². The average molecular weight is 380 g/mol. The molecule has 3 fully saturated rings. The summed E-state index contributed by atoms with van der Waals surface area (Å²) in [4.78, 5) is 62.9. The zero-order valence-electron chi connectivity index (χ0n) is 14.8. The molecular formula is C20H16N2O6. The van der Waals surface area contributed by atoms with Crippen LogP contribution in [-0.4, -0.2) is 29.6 Å². The predicted octanol–water partition coefficient (Wildman–Crippen LogP) is -0.0543. The Balaban J connectivity index is 1.63. The van der Waals surface area contributed by atoms with E-state index in [4.69, 9.17) is 4.74 Å². The number of amides is 4. The monoisotopic (exact) mass is 380 g/mol. The smallest absolute Gasteiger partial charge is 0.339 e. The molecule has 4 atom stereocenters. The number of allylic oxidation sites excluding steroid dienone is 1. The number of hydrogen-bond acceptors (Lipinski definition) is 6. The maximum Gasteiger partial charge on any atom is 0.339 e. The van der Waals surface area contributed by atoms with Gasteiger partial charge in [0, 0.05) is 16.9 Å². The maximum absolute atomic E-state index is 12.9. The second kappa shape index (κ2) is 5.37. The Kier molecular flexibility index (Phi) is 3.23. The van der Waals surface area contributed by atoms with Crippen molar-refractivity contribution in [3.05, 3.63) is 42.0 Å². The maximum atomic E-state index is 12.9. The number of carbonyl (C=O) groups excluding carboxylic acids is 5. The fourth-order valence-corrected chi connectivity index (χ4v) is 5.54. The molecule has 142 valence electrons. The van der Waals surface area contributed by atoms with E-state index < -0.39 is 64.6 Å². The molecule has 2 N–H and O–H groups in total. The van der Waals surface area contributed by atoms with Crippen molar-refractivity contribution in [2.24, 2.45) is 35.0 Å². The van der Waals surface area contributed by atoms with Crippen LogP contribution in [0.25, 0.3) is 0 Å². The van der Waals surface area contributed by atoms with Crippen molar-refractivity contribution in [2.45, 2.75) is 6.92 Å². The van der Waals surface area contributed by atoms with Gasteiger partial charge in [0.1, 0.15) is 5.75 Å². The molecule has 0 unspecified atom stereocenters. The molecule has 1 aromatic rings.